The van der Waals surface area contributed by atoms with E-state index in [1.54, 1.807) is 17.0 Å². The fraction of sp³-hybridized carbons (Fsp3) is 0.333. The van der Waals surface area contributed by atoms with Crippen molar-refractivity contribution in [2.24, 2.45) is 5.92 Å². The predicted octanol–water partition coefficient (Wildman–Crippen LogP) is 1.90. The summed E-state index contributed by atoms with van der Waals surface area (Å²) in [6.45, 7) is 1.63. The van der Waals surface area contributed by atoms with Gasteiger partial charge in [0.1, 0.15) is 11.5 Å². The van der Waals surface area contributed by atoms with Gasteiger partial charge in [0.15, 0.2) is 0 Å². The Hall–Kier alpha value is -2.83. The van der Waals surface area contributed by atoms with Gasteiger partial charge in [0, 0.05) is 32.0 Å². The van der Waals surface area contributed by atoms with E-state index in [0.29, 0.717) is 19.6 Å². The van der Waals surface area contributed by atoms with Crippen LogP contribution in [-0.2, 0) is 0 Å². The van der Waals surface area contributed by atoms with Gasteiger partial charge in [0.25, 0.3) is 11.8 Å². The molecular formula is C18H19FN4O2. The number of aromatic nitrogens is 2. The minimum absolute atomic E-state index is 0.108. The van der Waals surface area contributed by atoms with E-state index in [2.05, 4.69) is 15.3 Å². The number of nitrogens with zero attached hydrogens (tertiary/aromatic N) is 3. The SMILES string of the molecule is O=C(NCC1CCN(C(=O)c2ccccc2F)CC1)c1cnccn1. The maximum absolute atomic E-state index is 13.7. The fourth-order valence-electron chi connectivity index (χ4n) is 2.89. The molecule has 2 aromatic rings. The molecule has 1 aromatic heterocycles. The number of benzene rings is 1. The van der Waals surface area contributed by atoms with Crippen LogP contribution in [0.25, 0.3) is 0 Å². The Labute approximate surface area is 145 Å². The molecule has 3 rings (SSSR count). The van der Waals surface area contributed by atoms with Crippen molar-refractivity contribution < 1.29 is 14.0 Å². The van der Waals surface area contributed by atoms with Gasteiger partial charge in [-0.2, -0.15) is 0 Å². The van der Waals surface area contributed by atoms with E-state index in [0.717, 1.165) is 12.8 Å². The minimum atomic E-state index is -0.495. The Morgan fingerprint density at radius 1 is 1.20 bits per heavy atom. The maximum atomic E-state index is 13.7. The first-order valence-electron chi connectivity index (χ1n) is 8.23. The zero-order valence-corrected chi connectivity index (χ0v) is 13.7. The lowest BCUT2D eigenvalue weighted by Crippen LogP contribution is -2.41. The molecule has 25 heavy (non-hydrogen) atoms. The molecule has 0 spiro atoms. The zero-order chi connectivity index (χ0) is 17.6. The van der Waals surface area contributed by atoms with Crippen LogP contribution in [0.2, 0.25) is 0 Å². The molecule has 0 bridgehead atoms. The summed E-state index contributed by atoms with van der Waals surface area (Å²) in [6, 6.07) is 6.02. The summed E-state index contributed by atoms with van der Waals surface area (Å²) < 4.78 is 13.7. The zero-order valence-electron chi connectivity index (χ0n) is 13.7. The first kappa shape index (κ1) is 17.0. The molecule has 0 unspecified atom stereocenters. The van der Waals surface area contributed by atoms with Crippen molar-refractivity contribution >= 4 is 11.8 Å². The molecule has 0 atom stereocenters. The molecule has 0 saturated carbocycles. The Morgan fingerprint density at radius 3 is 2.64 bits per heavy atom. The first-order chi connectivity index (χ1) is 12.1. The second kappa shape index (κ2) is 7.83. The quantitative estimate of drug-likeness (QED) is 0.921. The van der Waals surface area contributed by atoms with Crippen LogP contribution in [0.4, 0.5) is 4.39 Å². The molecule has 7 heteroatoms. The predicted molar refractivity (Wildman–Crippen MR) is 89.4 cm³/mol. The summed E-state index contributed by atoms with van der Waals surface area (Å²) in [4.78, 5) is 33.8. The molecule has 6 nitrogen and oxygen atoms in total. The Kier molecular flexibility index (Phi) is 5.33. The molecule has 2 amide bonds. The van der Waals surface area contributed by atoms with Gasteiger partial charge in [-0.3, -0.25) is 14.6 Å². The van der Waals surface area contributed by atoms with Crippen molar-refractivity contribution in [3.63, 3.8) is 0 Å². The van der Waals surface area contributed by atoms with E-state index >= 15 is 0 Å². The maximum Gasteiger partial charge on any atom is 0.271 e. The fourth-order valence-corrected chi connectivity index (χ4v) is 2.89. The minimum Gasteiger partial charge on any atom is -0.350 e. The Bertz CT molecular complexity index is 746. The van der Waals surface area contributed by atoms with E-state index in [-0.39, 0.29) is 29.0 Å². The second-order valence-electron chi connectivity index (χ2n) is 6.02. The van der Waals surface area contributed by atoms with Crippen LogP contribution >= 0.6 is 0 Å². The van der Waals surface area contributed by atoms with Crippen molar-refractivity contribution in [3.05, 3.63) is 59.9 Å². The van der Waals surface area contributed by atoms with Crippen LogP contribution in [0.15, 0.2) is 42.9 Å². The average Bonchev–Trinajstić information content (AvgIpc) is 2.67. The smallest absolute Gasteiger partial charge is 0.271 e. The number of hydrogen-bond donors (Lipinski definition) is 1. The first-order valence-corrected chi connectivity index (χ1v) is 8.23. The number of hydrogen-bond acceptors (Lipinski definition) is 4. The van der Waals surface area contributed by atoms with Gasteiger partial charge in [0.2, 0.25) is 0 Å². The molecular weight excluding hydrogens is 323 g/mol. The highest BCUT2D eigenvalue weighted by Crippen LogP contribution is 2.19. The Morgan fingerprint density at radius 2 is 1.96 bits per heavy atom. The van der Waals surface area contributed by atoms with Gasteiger partial charge in [-0.25, -0.2) is 9.37 Å². The summed E-state index contributed by atoms with van der Waals surface area (Å²) in [6.07, 6.45) is 5.94. The highest BCUT2D eigenvalue weighted by atomic mass is 19.1. The van der Waals surface area contributed by atoms with E-state index < -0.39 is 5.82 Å². The lowest BCUT2D eigenvalue weighted by molar-refractivity contribution is 0.0679. The molecule has 1 N–H and O–H groups in total. The molecule has 1 aliphatic heterocycles. The third kappa shape index (κ3) is 4.17. The monoisotopic (exact) mass is 342 g/mol. The van der Waals surface area contributed by atoms with Crippen molar-refractivity contribution in [2.45, 2.75) is 12.8 Å². The molecule has 0 radical (unpaired) electrons. The van der Waals surface area contributed by atoms with E-state index in [9.17, 15) is 14.0 Å². The van der Waals surface area contributed by atoms with Crippen LogP contribution in [-0.4, -0.2) is 46.3 Å². The Balaban J connectivity index is 1.48. The number of carbonyl (C=O) groups excluding carboxylic acids is 2. The molecule has 130 valence electrons. The topological polar surface area (TPSA) is 75.2 Å². The normalized spacial score (nSPS) is 15.0. The van der Waals surface area contributed by atoms with Gasteiger partial charge in [-0.1, -0.05) is 12.1 Å². The van der Waals surface area contributed by atoms with E-state index in [1.165, 1.54) is 30.7 Å². The van der Waals surface area contributed by atoms with Gasteiger partial charge in [-0.05, 0) is 30.9 Å². The number of halogens is 1. The second-order valence-corrected chi connectivity index (χ2v) is 6.02. The number of carbonyl (C=O) groups is 2. The van der Waals surface area contributed by atoms with Crippen molar-refractivity contribution in [2.75, 3.05) is 19.6 Å². The van der Waals surface area contributed by atoms with E-state index in [4.69, 9.17) is 0 Å². The van der Waals surface area contributed by atoms with Gasteiger partial charge >= 0.3 is 0 Å². The number of piperidine rings is 1. The molecule has 1 saturated heterocycles. The van der Waals surface area contributed by atoms with Crippen LogP contribution in [0, 0.1) is 11.7 Å². The summed E-state index contributed by atoms with van der Waals surface area (Å²) in [5.41, 5.74) is 0.395. The van der Waals surface area contributed by atoms with Gasteiger partial charge in [0.05, 0.1) is 11.8 Å². The third-order valence-corrected chi connectivity index (χ3v) is 4.35. The number of amides is 2. The van der Waals surface area contributed by atoms with Crippen LogP contribution in [0.5, 0.6) is 0 Å². The van der Waals surface area contributed by atoms with Crippen LogP contribution < -0.4 is 5.32 Å². The van der Waals surface area contributed by atoms with Crippen molar-refractivity contribution in [1.82, 2.24) is 20.2 Å². The number of likely N-dealkylation sites (tertiary alicyclic amines) is 1. The molecule has 1 aliphatic rings. The highest BCUT2D eigenvalue weighted by molar-refractivity contribution is 5.94. The summed E-state index contributed by atoms with van der Waals surface area (Å²) in [5.74, 6) is -0.741. The van der Waals surface area contributed by atoms with Crippen LogP contribution in [0.1, 0.15) is 33.7 Å². The van der Waals surface area contributed by atoms with Crippen molar-refractivity contribution in [1.29, 1.82) is 0 Å². The van der Waals surface area contributed by atoms with Gasteiger partial charge < -0.3 is 10.2 Å². The highest BCUT2D eigenvalue weighted by Gasteiger charge is 2.25. The molecule has 1 fully saturated rings. The largest absolute Gasteiger partial charge is 0.350 e. The molecule has 2 heterocycles. The summed E-state index contributed by atoms with van der Waals surface area (Å²) in [5, 5.41) is 2.85. The molecule has 0 aliphatic carbocycles. The summed E-state index contributed by atoms with van der Waals surface area (Å²) in [7, 11) is 0. The lowest BCUT2D eigenvalue weighted by atomic mass is 9.96. The number of nitrogens with one attached hydrogen (secondary N) is 1. The van der Waals surface area contributed by atoms with Crippen LogP contribution in [0.3, 0.4) is 0 Å². The van der Waals surface area contributed by atoms with Crippen molar-refractivity contribution in [3.8, 4) is 0 Å². The lowest BCUT2D eigenvalue weighted by Gasteiger charge is -2.32. The number of rotatable bonds is 4. The molecule has 1 aromatic carbocycles. The third-order valence-electron chi connectivity index (χ3n) is 4.35. The van der Waals surface area contributed by atoms with Gasteiger partial charge in [-0.15, -0.1) is 0 Å². The summed E-state index contributed by atoms with van der Waals surface area (Å²) >= 11 is 0. The average molecular weight is 342 g/mol. The van der Waals surface area contributed by atoms with E-state index in [1.807, 2.05) is 0 Å². The standard InChI is InChI=1S/C18H19FN4O2/c19-15-4-2-1-3-14(15)18(25)23-9-5-13(6-10-23)11-22-17(24)16-12-20-7-8-21-16/h1-4,7-8,12-13H,5-6,9-11H2,(H,22,24).